The fraction of sp³-hybridized carbons (Fsp3) is 0.500. The Bertz CT molecular complexity index is 758. The first-order chi connectivity index (χ1) is 12.2. The standard InChI is InChI=1S/C20H25N3O2/c1-22-13-21-18-11-23(17(12-25-2)10-19(18)22)20(24)9-14-7-15-5-3-4-6-16(15)8-14/h3-6,13-14,17H,7-12H2,1-2H3/t17-/m1/s1. The van der Waals surface area contributed by atoms with Crippen LogP contribution in [0, 0.1) is 5.92 Å². The molecule has 2 aromatic rings. The number of carbonyl (C=O) groups excluding carboxylic acids is 1. The molecule has 0 N–H and O–H groups in total. The zero-order valence-corrected chi connectivity index (χ0v) is 14.9. The van der Waals surface area contributed by atoms with Crippen LogP contribution < -0.4 is 0 Å². The van der Waals surface area contributed by atoms with Crippen molar-refractivity contribution >= 4 is 5.91 Å². The molecule has 1 aromatic carbocycles. The quantitative estimate of drug-likeness (QED) is 0.857. The van der Waals surface area contributed by atoms with E-state index in [1.807, 2.05) is 18.3 Å². The molecule has 0 fully saturated rings. The number of amides is 1. The zero-order valence-electron chi connectivity index (χ0n) is 14.9. The fourth-order valence-electron chi connectivity index (χ4n) is 4.31. The Kier molecular flexibility index (Phi) is 4.34. The van der Waals surface area contributed by atoms with Gasteiger partial charge in [0.25, 0.3) is 0 Å². The zero-order chi connectivity index (χ0) is 17.4. The van der Waals surface area contributed by atoms with Crippen LogP contribution >= 0.6 is 0 Å². The molecule has 4 rings (SSSR count). The van der Waals surface area contributed by atoms with E-state index in [4.69, 9.17) is 4.74 Å². The normalized spacial score (nSPS) is 19.8. The maximum Gasteiger partial charge on any atom is 0.223 e. The molecule has 0 saturated heterocycles. The first-order valence-corrected chi connectivity index (χ1v) is 9.00. The van der Waals surface area contributed by atoms with Gasteiger partial charge in [-0.2, -0.15) is 0 Å². The maximum absolute atomic E-state index is 13.0. The van der Waals surface area contributed by atoms with E-state index in [1.54, 1.807) is 7.11 Å². The van der Waals surface area contributed by atoms with Crippen LogP contribution in [0.3, 0.4) is 0 Å². The number of rotatable bonds is 4. The first-order valence-electron chi connectivity index (χ1n) is 9.00. The lowest BCUT2D eigenvalue weighted by Crippen LogP contribution is -2.47. The maximum atomic E-state index is 13.0. The molecule has 1 aliphatic carbocycles. The molecule has 5 nitrogen and oxygen atoms in total. The molecular weight excluding hydrogens is 314 g/mol. The topological polar surface area (TPSA) is 47.4 Å². The van der Waals surface area contributed by atoms with Crippen LogP contribution in [0.5, 0.6) is 0 Å². The average Bonchev–Trinajstić information content (AvgIpc) is 3.17. The Labute approximate surface area is 148 Å². The van der Waals surface area contributed by atoms with Crippen LogP contribution in [-0.4, -0.2) is 40.1 Å². The van der Waals surface area contributed by atoms with Gasteiger partial charge < -0.3 is 14.2 Å². The Morgan fingerprint density at radius 1 is 1.24 bits per heavy atom. The lowest BCUT2D eigenvalue weighted by Gasteiger charge is -2.35. The van der Waals surface area contributed by atoms with E-state index >= 15 is 0 Å². The van der Waals surface area contributed by atoms with Crippen molar-refractivity contribution < 1.29 is 9.53 Å². The van der Waals surface area contributed by atoms with Gasteiger partial charge in [0.2, 0.25) is 5.91 Å². The molecule has 0 saturated carbocycles. The molecule has 1 amide bonds. The molecule has 0 bridgehead atoms. The van der Waals surface area contributed by atoms with Gasteiger partial charge in [-0.3, -0.25) is 4.79 Å². The minimum Gasteiger partial charge on any atom is -0.383 e. The number of aromatic nitrogens is 2. The Morgan fingerprint density at radius 2 is 1.96 bits per heavy atom. The summed E-state index contributed by atoms with van der Waals surface area (Å²) in [6.07, 6.45) is 5.29. The molecule has 132 valence electrons. The molecule has 1 atom stereocenters. The molecule has 1 aromatic heterocycles. The van der Waals surface area contributed by atoms with Crippen LogP contribution in [-0.2, 0) is 42.4 Å². The van der Waals surface area contributed by atoms with Crippen molar-refractivity contribution in [3.63, 3.8) is 0 Å². The predicted octanol–water partition coefficient (Wildman–Crippen LogP) is 2.12. The molecule has 5 heteroatoms. The monoisotopic (exact) mass is 339 g/mol. The molecule has 25 heavy (non-hydrogen) atoms. The highest BCUT2D eigenvalue weighted by Crippen LogP contribution is 2.30. The summed E-state index contributed by atoms with van der Waals surface area (Å²) in [6, 6.07) is 8.66. The van der Waals surface area contributed by atoms with Crippen molar-refractivity contribution in [3.8, 4) is 0 Å². The van der Waals surface area contributed by atoms with Gasteiger partial charge in [-0.15, -0.1) is 0 Å². The van der Waals surface area contributed by atoms with Crippen LogP contribution in [0.25, 0.3) is 0 Å². The average molecular weight is 339 g/mol. The van der Waals surface area contributed by atoms with Gasteiger partial charge in [0, 0.05) is 32.7 Å². The first kappa shape index (κ1) is 16.3. The van der Waals surface area contributed by atoms with Gasteiger partial charge in [-0.05, 0) is 29.9 Å². The molecule has 2 aliphatic rings. The highest BCUT2D eigenvalue weighted by atomic mass is 16.5. The third-order valence-corrected chi connectivity index (χ3v) is 5.61. The minimum atomic E-state index is 0.101. The number of fused-ring (bicyclic) bond motifs is 2. The third kappa shape index (κ3) is 3.09. The van der Waals surface area contributed by atoms with Crippen molar-refractivity contribution in [1.82, 2.24) is 14.5 Å². The number of benzene rings is 1. The second kappa shape index (κ2) is 6.64. The van der Waals surface area contributed by atoms with Gasteiger partial charge in [0.05, 0.1) is 31.2 Å². The number of aryl methyl sites for hydroxylation is 1. The summed E-state index contributed by atoms with van der Waals surface area (Å²) in [5.74, 6) is 0.648. The van der Waals surface area contributed by atoms with Crippen LogP contribution in [0.1, 0.15) is 28.9 Å². The molecule has 2 heterocycles. The second-order valence-corrected chi connectivity index (χ2v) is 7.33. The van der Waals surface area contributed by atoms with Crippen LogP contribution in [0.4, 0.5) is 0 Å². The van der Waals surface area contributed by atoms with Crippen molar-refractivity contribution in [3.05, 3.63) is 53.1 Å². The summed E-state index contributed by atoms with van der Waals surface area (Å²) in [5, 5.41) is 0. The molecule has 1 aliphatic heterocycles. The Morgan fingerprint density at radius 3 is 2.64 bits per heavy atom. The van der Waals surface area contributed by atoms with E-state index in [9.17, 15) is 4.79 Å². The van der Waals surface area contributed by atoms with Gasteiger partial charge in [0.15, 0.2) is 0 Å². The van der Waals surface area contributed by atoms with Gasteiger partial charge in [-0.25, -0.2) is 4.98 Å². The minimum absolute atomic E-state index is 0.101. The largest absolute Gasteiger partial charge is 0.383 e. The smallest absolute Gasteiger partial charge is 0.223 e. The predicted molar refractivity (Wildman–Crippen MR) is 95.1 cm³/mol. The number of hydrogen-bond donors (Lipinski definition) is 0. The third-order valence-electron chi connectivity index (χ3n) is 5.61. The highest BCUT2D eigenvalue weighted by Gasteiger charge is 2.34. The molecule has 0 radical (unpaired) electrons. The van der Waals surface area contributed by atoms with Gasteiger partial charge >= 0.3 is 0 Å². The summed E-state index contributed by atoms with van der Waals surface area (Å²) >= 11 is 0. The SMILES string of the molecule is COC[C@H]1Cc2c(ncn2C)CN1C(=O)CC1Cc2ccccc2C1. The number of hydrogen-bond acceptors (Lipinski definition) is 3. The number of ether oxygens (including phenoxy) is 1. The van der Waals surface area contributed by atoms with Crippen molar-refractivity contribution in [2.24, 2.45) is 13.0 Å². The summed E-state index contributed by atoms with van der Waals surface area (Å²) in [4.78, 5) is 19.5. The lowest BCUT2D eigenvalue weighted by molar-refractivity contribution is -0.137. The van der Waals surface area contributed by atoms with Gasteiger partial charge in [0.1, 0.15) is 0 Å². The van der Waals surface area contributed by atoms with E-state index < -0.39 is 0 Å². The summed E-state index contributed by atoms with van der Waals surface area (Å²) in [5.41, 5.74) is 5.05. The summed E-state index contributed by atoms with van der Waals surface area (Å²) in [6.45, 7) is 1.17. The Balaban J connectivity index is 1.47. The number of carbonyl (C=O) groups is 1. The number of imidazole rings is 1. The number of nitrogens with zero attached hydrogens (tertiary/aromatic N) is 3. The van der Waals surface area contributed by atoms with E-state index in [1.165, 1.54) is 16.8 Å². The molecule has 0 unspecified atom stereocenters. The summed E-state index contributed by atoms with van der Waals surface area (Å²) in [7, 11) is 3.72. The van der Waals surface area contributed by atoms with Gasteiger partial charge in [-0.1, -0.05) is 24.3 Å². The van der Waals surface area contributed by atoms with E-state index in [2.05, 4.69) is 33.8 Å². The molecule has 0 spiro atoms. The lowest BCUT2D eigenvalue weighted by atomic mass is 9.98. The molecular formula is C20H25N3O2. The van der Waals surface area contributed by atoms with Crippen LogP contribution in [0.2, 0.25) is 0 Å². The van der Waals surface area contributed by atoms with Crippen LogP contribution in [0.15, 0.2) is 30.6 Å². The number of methoxy groups -OCH3 is 1. The van der Waals surface area contributed by atoms with Crippen molar-refractivity contribution in [2.45, 2.75) is 38.3 Å². The van der Waals surface area contributed by atoms with E-state index in [-0.39, 0.29) is 11.9 Å². The van der Waals surface area contributed by atoms with E-state index in [0.717, 1.165) is 25.0 Å². The van der Waals surface area contributed by atoms with Crippen molar-refractivity contribution in [2.75, 3.05) is 13.7 Å². The highest BCUT2D eigenvalue weighted by molar-refractivity contribution is 5.77. The van der Waals surface area contributed by atoms with Crippen molar-refractivity contribution in [1.29, 1.82) is 0 Å². The second-order valence-electron chi connectivity index (χ2n) is 7.33. The fourth-order valence-corrected chi connectivity index (χ4v) is 4.31. The summed E-state index contributed by atoms with van der Waals surface area (Å²) < 4.78 is 7.45. The Hall–Kier alpha value is -2.14. The van der Waals surface area contributed by atoms with E-state index in [0.29, 0.717) is 25.5 Å².